The maximum atomic E-state index is 11.9. The molecular weight excluding hydrogens is 216 g/mol. The number of benzene rings is 1. The second-order valence-electron chi connectivity index (χ2n) is 4.85. The molecule has 1 saturated carbocycles. The summed E-state index contributed by atoms with van der Waals surface area (Å²) < 4.78 is 0. The molecule has 17 heavy (non-hydrogen) atoms. The smallest absolute Gasteiger partial charge is 0.251 e. The Hall–Kier alpha value is -1.55. The number of nitrogens with one attached hydrogen (secondary N) is 1. The van der Waals surface area contributed by atoms with E-state index in [4.69, 9.17) is 5.73 Å². The maximum Gasteiger partial charge on any atom is 0.251 e. The molecule has 1 aromatic carbocycles. The molecule has 0 heterocycles. The van der Waals surface area contributed by atoms with Gasteiger partial charge in [-0.2, -0.15) is 0 Å². The Morgan fingerprint density at radius 3 is 2.82 bits per heavy atom. The first-order valence-corrected chi connectivity index (χ1v) is 5.87. The first kappa shape index (κ1) is 11.9. The Bertz CT molecular complexity index is 439. The number of rotatable bonds is 3. The van der Waals surface area contributed by atoms with Crippen molar-refractivity contribution in [1.29, 1.82) is 0 Å². The van der Waals surface area contributed by atoms with Gasteiger partial charge < -0.3 is 16.2 Å². The molecule has 0 aliphatic heterocycles. The van der Waals surface area contributed by atoms with E-state index in [0.717, 1.165) is 19.3 Å². The van der Waals surface area contributed by atoms with Crippen LogP contribution in [0.4, 0.5) is 0 Å². The predicted octanol–water partition coefficient (Wildman–Crippen LogP) is 1.31. The highest BCUT2D eigenvalue weighted by atomic mass is 16.3. The van der Waals surface area contributed by atoms with E-state index in [1.54, 1.807) is 25.1 Å². The molecule has 1 aliphatic rings. The second-order valence-corrected chi connectivity index (χ2v) is 4.85. The fourth-order valence-electron chi connectivity index (χ4n) is 2.03. The highest BCUT2D eigenvalue weighted by molar-refractivity contribution is 5.96. The highest BCUT2D eigenvalue weighted by Crippen LogP contribution is 2.28. The van der Waals surface area contributed by atoms with Crippen LogP contribution in [0.3, 0.4) is 0 Å². The molecule has 0 atom stereocenters. The van der Waals surface area contributed by atoms with E-state index in [1.165, 1.54) is 0 Å². The third kappa shape index (κ3) is 2.42. The summed E-state index contributed by atoms with van der Waals surface area (Å²) in [5.41, 5.74) is 6.92. The van der Waals surface area contributed by atoms with E-state index in [9.17, 15) is 9.90 Å². The van der Waals surface area contributed by atoms with Crippen molar-refractivity contribution in [1.82, 2.24) is 5.32 Å². The van der Waals surface area contributed by atoms with Crippen LogP contribution < -0.4 is 11.1 Å². The van der Waals surface area contributed by atoms with Gasteiger partial charge in [0.2, 0.25) is 0 Å². The molecule has 1 aromatic rings. The van der Waals surface area contributed by atoms with Crippen molar-refractivity contribution in [3.05, 3.63) is 29.3 Å². The fraction of sp³-hybridized carbons (Fsp3) is 0.462. The van der Waals surface area contributed by atoms with Crippen LogP contribution >= 0.6 is 0 Å². The Balaban J connectivity index is 2.02. The first-order chi connectivity index (χ1) is 8.02. The lowest BCUT2D eigenvalue weighted by atomic mass is 9.78. The minimum atomic E-state index is -0.222. The van der Waals surface area contributed by atoms with Gasteiger partial charge in [0.15, 0.2) is 0 Å². The van der Waals surface area contributed by atoms with Crippen molar-refractivity contribution in [2.75, 3.05) is 6.54 Å². The molecule has 4 nitrogen and oxygen atoms in total. The zero-order valence-electron chi connectivity index (χ0n) is 9.99. The summed E-state index contributed by atoms with van der Waals surface area (Å²) in [6, 6.07) is 4.94. The summed E-state index contributed by atoms with van der Waals surface area (Å²) in [5.74, 6) is -0.0288. The average molecular weight is 234 g/mol. The molecule has 0 unspecified atom stereocenters. The van der Waals surface area contributed by atoms with Gasteiger partial charge in [0.05, 0.1) is 0 Å². The zero-order chi connectivity index (χ0) is 12.5. The van der Waals surface area contributed by atoms with Crippen LogP contribution in [0.1, 0.15) is 35.2 Å². The quantitative estimate of drug-likeness (QED) is 0.738. The summed E-state index contributed by atoms with van der Waals surface area (Å²) in [6.45, 7) is 2.23. The molecule has 1 amide bonds. The van der Waals surface area contributed by atoms with Gasteiger partial charge in [-0.05, 0) is 38.3 Å². The molecule has 2 rings (SSSR count). The lowest BCUT2D eigenvalue weighted by Gasteiger charge is -2.38. The summed E-state index contributed by atoms with van der Waals surface area (Å²) in [7, 11) is 0. The van der Waals surface area contributed by atoms with E-state index >= 15 is 0 Å². The van der Waals surface area contributed by atoms with Crippen LogP contribution in [0.25, 0.3) is 0 Å². The number of carbonyl (C=O) groups excluding carboxylic acids is 1. The summed E-state index contributed by atoms with van der Waals surface area (Å²) in [6.07, 6.45) is 3.07. The number of phenolic OH excluding ortho intramolecular Hbond substituents is 1. The lowest BCUT2D eigenvalue weighted by molar-refractivity contribution is 0.0928. The number of hydrogen-bond donors (Lipinski definition) is 3. The molecule has 4 N–H and O–H groups in total. The number of carbonyl (C=O) groups is 1. The van der Waals surface area contributed by atoms with Crippen LogP contribution in [0.2, 0.25) is 0 Å². The largest absolute Gasteiger partial charge is 0.508 e. The standard InChI is InChI=1S/C13H18N2O2/c1-9-10(4-2-5-11(9)16)12(17)15-8-13(14)6-3-7-13/h2,4-5,16H,3,6-8,14H2,1H3,(H,15,17). The normalized spacial score (nSPS) is 17.3. The molecule has 0 aromatic heterocycles. The van der Waals surface area contributed by atoms with Gasteiger partial charge in [-0.15, -0.1) is 0 Å². The predicted molar refractivity (Wildman–Crippen MR) is 65.9 cm³/mol. The number of phenols is 1. The van der Waals surface area contributed by atoms with Crippen LogP contribution in [0.15, 0.2) is 18.2 Å². The van der Waals surface area contributed by atoms with Gasteiger partial charge in [0.25, 0.3) is 5.91 Å². The summed E-state index contributed by atoms with van der Waals surface area (Å²) in [4.78, 5) is 11.9. The van der Waals surface area contributed by atoms with Crippen molar-refractivity contribution < 1.29 is 9.90 Å². The van der Waals surface area contributed by atoms with Crippen molar-refractivity contribution in [2.45, 2.75) is 31.7 Å². The van der Waals surface area contributed by atoms with Crippen LogP contribution in [-0.2, 0) is 0 Å². The summed E-state index contributed by atoms with van der Waals surface area (Å²) >= 11 is 0. The van der Waals surface area contributed by atoms with E-state index < -0.39 is 0 Å². The lowest BCUT2D eigenvalue weighted by Crippen LogP contribution is -2.54. The molecule has 0 spiro atoms. The van der Waals surface area contributed by atoms with Crippen molar-refractivity contribution in [3.8, 4) is 5.75 Å². The number of nitrogens with two attached hydrogens (primary N) is 1. The number of aromatic hydroxyl groups is 1. The van der Waals surface area contributed by atoms with Crippen molar-refractivity contribution in [2.24, 2.45) is 5.73 Å². The van der Waals surface area contributed by atoms with Gasteiger partial charge >= 0.3 is 0 Å². The Morgan fingerprint density at radius 2 is 2.24 bits per heavy atom. The van der Waals surface area contributed by atoms with Gasteiger partial charge in [-0.1, -0.05) is 6.07 Å². The van der Waals surface area contributed by atoms with Crippen molar-refractivity contribution in [3.63, 3.8) is 0 Å². The summed E-state index contributed by atoms with van der Waals surface area (Å²) in [5, 5.41) is 12.4. The fourth-order valence-corrected chi connectivity index (χ4v) is 2.03. The molecule has 0 saturated heterocycles. The topological polar surface area (TPSA) is 75.3 Å². The number of amides is 1. The molecular formula is C13H18N2O2. The molecule has 1 aliphatic carbocycles. The highest BCUT2D eigenvalue weighted by Gasteiger charge is 2.32. The molecule has 0 radical (unpaired) electrons. The Morgan fingerprint density at radius 1 is 1.53 bits per heavy atom. The molecule has 0 bridgehead atoms. The maximum absolute atomic E-state index is 11.9. The second kappa shape index (κ2) is 4.37. The van der Waals surface area contributed by atoms with E-state index in [-0.39, 0.29) is 17.2 Å². The zero-order valence-corrected chi connectivity index (χ0v) is 9.99. The van der Waals surface area contributed by atoms with E-state index in [0.29, 0.717) is 17.7 Å². The van der Waals surface area contributed by atoms with Crippen LogP contribution in [0.5, 0.6) is 5.75 Å². The third-order valence-corrected chi connectivity index (χ3v) is 3.50. The average Bonchev–Trinajstić information content (AvgIpc) is 2.27. The van der Waals surface area contributed by atoms with Crippen LogP contribution in [0, 0.1) is 6.92 Å². The minimum Gasteiger partial charge on any atom is -0.508 e. The van der Waals surface area contributed by atoms with Gasteiger partial charge in [-0.3, -0.25) is 4.79 Å². The van der Waals surface area contributed by atoms with E-state index in [1.807, 2.05) is 0 Å². The van der Waals surface area contributed by atoms with Gasteiger partial charge in [0.1, 0.15) is 5.75 Å². The molecule has 92 valence electrons. The van der Waals surface area contributed by atoms with Crippen molar-refractivity contribution >= 4 is 5.91 Å². The molecule has 1 fully saturated rings. The van der Waals surface area contributed by atoms with Gasteiger partial charge in [-0.25, -0.2) is 0 Å². The Kier molecular flexibility index (Phi) is 3.07. The van der Waals surface area contributed by atoms with Crippen LogP contribution in [-0.4, -0.2) is 23.1 Å². The minimum absolute atomic E-state index is 0.142. The first-order valence-electron chi connectivity index (χ1n) is 5.87. The van der Waals surface area contributed by atoms with E-state index in [2.05, 4.69) is 5.32 Å². The molecule has 4 heteroatoms. The third-order valence-electron chi connectivity index (χ3n) is 3.50. The monoisotopic (exact) mass is 234 g/mol. The van der Waals surface area contributed by atoms with Gasteiger partial charge in [0, 0.05) is 23.2 Å². The SMILES string of the molecule is Cc1c(O)cccc1C(=O)NCC1(N)CCC1. The number of hydrogen-bond acceptors (Lipinski definition) is 3. The Labute approximate surface area is 101 Å².